The molecule has 18 heavy (non-hydrogen) atoms. The van der Waals surface area contributed by atoms with Gasteiger partial charge < -0.3 is 4.74 Å². The Balaban J connectivity index is 1.95. The number of nitrogens with zero attached hydrogens (tertiary/aromatic N) is 2. The van der Waals surface area contributed by atoms with Crippen LogP contribution < -0.4 is 0 Å². The molecule has 0 N–H and O–H groups in total. The van der Waals surface area contributed by atoms with E-state index in [1.54, 1.807) is 0 Å². The minimum atomic E-state index is -0.158. The lowest BCUT2D eigenvalue weighted by molar-refractivity contribution is -0.142. The van der Waals surface area contributed by atoms with Crippen molar-refractivity contribution in [2.45, 2.75) is 51.0 Å². The molecule has 4 nitrogen and oxygen atoms in total. The molecule has 0 aromatic carbocycles. The topological polar surface area (TPSA) is 53.3 Å². The Bertz CT molecular complexity index is 338. The average molecular weight is 250 g/mol. The summed E-state index contributed by atoms with van der Waals surface area (Å²) in [4.78, 5) is 13.8. The van der Waals surface area contributed by atoms with E-state index >= 15 is 0 Å². The van der Waals surface area contributed by atoms with E-state index in [1.807, 2.05) is 0 Å². The molecule has 0 bridgehead atoms. The normalized spacial score (nSPS) is 21.8. The summed E-state index contributed by atoms with van der Waals surface area (Å²) in [5, 5.41) is 8.89. The maximum absolute atomic E-state index is 11.5. The van der Waals surface area contributed by atoms with Gasteiger partial charge in [0, 0.05) is 19.0 Å². The van der Waals surface area contributed by atoms with Crippen LogP contribution in [0, 0.1) is 16.7 Å². The van der Waals surface area contributed by atoms with E-state index in [-0.39, 0.29) is 11.4 Å². The van der Waals surface area contributed by atoms with Crippen molar-refractivity contribution in [3.05, 3.63) is 0 Å². The van der Waals surface area contributed by atoms with Gasteiger partial charge >= 0.3 is 5.97 Å². The third-order valence-electron chi connectivity index (χ3n) is 4.35. The van der Waals surface area contributed by atoms with Crippen molar-refractivity contribution < 1.29 is 9.53 Å². The third-order valence-corrected chi connectivity index (χ3v) is 4.35. The zero-order valence-corrected chi connectivity index (χ0v) is 11.2. The molecule has 2 aliphatic carbocycles. The number of esters is 1. The van der Waals surface area contributed by atoms with Gasteiger partial charge in [0.25, 0.3) is 0 Å². The molecule has 2 saturated carbocycles. The molecule has 0 radical (unpaired) electrons. The first-order chi connectivity index (χ1) is 8.69. The van der Waals surface area contributed by atoms with E-state index in [4.69, 9.17) is 10.00 Å². The van der Waals surface area contributed by atoms with Crippen molar-refractivity contribution in [3.8, 4) is 6.07 Å². The maximum Gasteiger partial charge on any atom is 0.319 e. The Kier molecular flexibility index (Phi) is 4.23. The van der Waals surface area contributed by atoms with Crippen molar-refractivity contribution in [3.63, 3.8) is 0 Å². The predicted molar refractivity (Wildman–Crippen MR) is 67.7 cm³/mol. The van der Waals surface area contributed by atoms with Gasteiger partial charge in [0.15, 0.2) is 0 Å². The van der Waals surface area contributed by atoms with Crippen molar-refractivity contribution >= 4 is 5.97 Å². The Morgan fingerprint density at radius 3 is 2.61 bits per heavy atom. The fraction of sp³-hybridized carbons (Fsp3) is 0.857. The summed E-state index contributed by atoms with van der Waals surface area (Å²) in [5.41, 5.74) is 0.172. The number of rotatable bonds is 6. The van der Waals surface area contributed by atoms with E-state index in [9.17, 15) is 4.79 Å². The molecule has 4 heteroatoms. The predicted octanol–water partition coefficient (Wildman–Crippen LogP) is 2.10. The van der Waals surface area contributed by atoms with Gasteiger partial charge in [0.2, 0.25) is 0 Å². The summed E-state index contributed by atoms with van der Waals surface area (Å²) in [6, 6.07) is 2.81. The van der Waals surface area contributed by atoms with E-state index in [0.717, 1.165) is 19.4 Å². The minimum Gasteiger partial charge on any atom is -0.468 e. The number of ether oxygens (including phenoxy) is 1. The number of hydrogen-bond acceptors (Lipinski definition) is 4. The molecule has 0 aromatic heterocycles. The molecule has 0 aromatic rings. The quantitative estimate of drug-likeness (QED) is 0.677. The van der Waals surface area contributed by atoms with Crippen LogP contribution in [-0.4, -0.2) is 37.1 Å². The number of nitriles is 1. The van der Waals surface area contributed by atoms with Gasteiger partial charge in [-0.15, -0.1) is 0 Å². The number of carbonyl (C=O) groups is 1. The van der Waals surface area contributed by atoms with Crippen LogP contribution in [0.25, 0.3) is 0 Å². The van der Waals surface area contributed by atoms with Crippen molar-refractivity contribution in [1.29, 1.82) is 5.26 Å². The van der Waals surface area contributed by atoms with Crippen molar-refractivity contribution in [2.75, 3.05) is 20.2 Å². The number of methoxy groups -OCH3 is 1. The summed E-state index contributed by atoms with van der Waals surface area (Å²) in [6.07, 6.45) is 7.76. The summed E-state index contributed by atoms with van der Waals surface area (Å²) in [7, 11) is 1.44. The van der Waals surface area contributed by atoms with Crippen molar-refractivity contribution in [1.82, 2.24) is 4.90 Å². The van der Waals surface area contributed by atoms with Gasteiger partial charge in [-0.1, -0.05) is 12.8 Å². The summed E-state index contributed by atoms with van der Waals surface area (Å²) in [5.74, 6) is -0.158. The second-order valence-electron chi connectivity index (χ2n) is 5.75. The van der Waals surface area contributed by atoms with Gasteiger partial charge in [-0.05, 0) is 31.1 Å². The van der Waals surface area contributed by atoms with Crippen LogP contribution in [0.5, 0.6) is 0 Å². The van der Waals surface area contributed by atoms with Crippen LogP contribution in [0.4, 0.5) is 0 Å². The van der Waals surface area contributed by atoms with E-state index in [0.29, 0.717) is 19.0 Å². The molecule has 0 spiro atoms. The average Bonchev–Trinajstić information content (AvgIpc) is 2.92. The summed E-state index contributed by atoms with van der Waals surface area (Å²) >= 11 is 0. The first-order valence-electron chi connectivity index (χ1n) is 6.87. The van der Waals surface area contributed by atoms with Gasteiger partial charge in [-0.2, -0.15) is 5.26 Å². The molecule has 0 heterocycles. The standard InChI is InChI=1S/C14H22N2O2/c1-18-13(17)10-16(12-4-2-3-5-12)11-14(6-7-14)8-9-15/h12H,2-8,10-11H2,1H3. The van der Waals surface area contributed by atoms with Gasteiger partial charge in [0.1, 0.15) is 0 Å². The molecular weight excluding hydrogens is 228 g/mol. The van der Waals surface area contributed by atoms with Crippen LogP contribution in [0.3, 0.4) is 0 Å². The highest BCUT2D eigenvalue weighted by atomic mass is 16.5. The lowest BCUT2D eigenvalue weighted by atomic mass is 10.0. The van der Waals surface area contributed by atoms with Crippen LogP contribution in [0.2, 0.25) is 0 Å². The molecule has 0 unspecified atom stereocenters. The Hall–Kier alpha value is -1.08. The zero-order chi connectivity index (χ0) is 13.0. The molecule has 2 fully saturated rings. The fourth-order valence-electron chi connectivity index (χ4n) is 2.98. The third kappa shape index (κ3) is 3.23. The zero-order valence-electron chi connectivity index (χ0n) is 11.2. The molecule has 0 saturated heterocycles. The van der Waals surface area contributed by atoms with Crippen LogP contribution in [0.1, 0.15) is 44.9 Å². The van der Waals surface area contributed by atoms with Crippen LogP contribution in [0.15, 0.2) is 0 Å². The number of carbonyl (C=O) groups excluding carboxylic acids is 1. The fourth-order valence-corrected chi connectivity index (χ4v) is 2.98. The summed E-state index contributed by atoms with van der Waals surface area (Å²) in [6.45, 7) is 1.27. The molecule has 2 rings (SSSR count). The molecular formula is C14H22N2O2. The Morgan fingerprint density at radius 2 is 2.11 bits per heavy atom. The first kappa shape index (κ1) is 13.4. The SMILES string of the molecule is COC(=O)CN(CC1(CC#N)CC1)C1CCCC1. The molecule has 0 amide bonds. The molecule has 0 aliphatic heterocycles. The molecule has 100 valence electrons. The lowest BCUT2D eigenvalue weighted by Gasteiger charge is -2.30. The van der Waals surface area contributed by atoms with Crippen molar-refractivity contribution in [2.24, 2.45) is 5.41 Å². The highest BCUT2D eigenvalue weighted by Gasteiger charge is 2.45. The first-order valence-corrected chi connectivity index (χ1v) is 6.87. The maximum atomic E-state index is 11.5. The van der Waals surface area contributed by atoms with Crippen LogP contribution in [-0.2, 0) is 9.53 Å². The molecule has 0 atom stereocenters. The lowest BCUT2D eigenvalue weighted by Crippen LogP contribution is -2.41. The second-order valence-corrected chi connectivity index (χ2v) is 5.75. The highest BCUT2D eigenvalue weighted by Crippen LogP contribution is 2.49. The van der Waals surface area contributed by atoms with Crippen LogP contribution >= 0.6 is 0 Å². The number of hydrogen-bond donors (Lipinski definition) is 0. The van der Waals surface area contributed by atoms with E-state index in [2.05, 4.69) is 11.0 Å². The van der Waals surface area contributed by atoms with E-state index in [1.165, 1.54) is 32.8 Å². The second kappa shape index (κ2) is 5.71. The monoisotopic (exact) mass is 250 g/mol. The van der Waals surface area contributed by atoms with Gasteiger partial charge in [0.05, 0.1) is 19.7 Å². The Morgan fingerprint density at radius 1 is 1.44 bits per heavy atom. The van der Waals surface area contributed by atoms with Gasteiger partial charge in [-0.25, -0.2) is 0 Å². The van der Waals surface area contributed by atoms with E-state index < -0.39 is 0 Å². The largest absolute Gasteiger partial charge is 0.468 e. The molecule has 2 aliphatic rings. The smallest absolute Gasteiger partial charge is 0.319 e. The van der Waals surface area contributed by atoms with Gasteiger partial charge in [-0.3, -0.25) is 9.69 Å². The Labute approximate surface area is 109 Å². The minimum absolute atomic E-state index is 0.158. The highest BCUT2D eigenvalue weighted by molar-refractivity contribution is 5.71. The summed E-state index contributed by atoms with van der Waals surface area (Å²) < 4.78 is 4.79.